The van der Waals surface area contributed by atoms with Crippen molar-refractivity contribution in [1.82, 2.24) is 4.98 Å². The largest absolute Gasteiger partial charge is 0.324 e. The summed E-state index contributed by atoms with van der Waals surface area (Å²) in [5.74, 6) is 0. The van der Waals surface area contributed by atoms with E-state index in [1.54, 1.807) is 18.3 Å². The van der Waals surface area contributed by atoms with Crippen LogP contribution in [0.2, 0.25) is 0 Å². The minimum atomic E-state index is -0.0715. The van der Waals surface area contributed by atoms with Gasteiger partial charge in [-0.2, -0.15) is 5.26 Å². The van der Waals surface area contributed by atoms with Crippen LogP contribution in [0.3, 0.4) is 0 Å². The standard InChI is InChI=1S/C10H11N3/c1-2-3-10(12)8-4-5-9(6-11)13-7-8/h2,4-5,7,10H,1,3,12H2/t10-/m0/s1. The molecular weight excluding hydrogens is 162 g/mol. The van der Waals surface area contributed by atoms with E-state index in [0.717, 1.165) is 5.56 Å². The zero-order chi connectivity index (χ0) is 9.68. The van der Waals surface area contributed by atoms with Gasteiger partial charge >= 0.3 is 0 Å². The van der Waals surface area contributed by atoms with Crippen LogP contribution in [0, 0.1) is 11.3 Å². The fourth-order valence-corrected chi connectivity index (χ4v) is 1.01. The van der Waals surface area contributed by atoms with E-state index in [1.807, 2.05) is 12.1 Å². The van der Waals surface area contributed by atoms with Crippen LogP contribution in [0.25, 0.3) is 0 Å². The number of hydrogen-bond donors (Lipinski definition) is 1. The summed E-state index contributed by atoms with van der Waals surface area (Å²) in [4.78, 5) is 3.93. The molecule has 2 N–H and O–H groups in total. The van der Waals surface area contributed by atoms with E-state index < -0.39 is 0 Å². The molecule has 66 valence electrons. The third kappa shape index (κ3) is 2.39. The van der Waals surface area contributed by atoms with Crippen molar-refractivity contribution in [2.75, 3.05) is 0 Å². The molecule has 0 aliphatic carbocycles. The molecule has 0 aliphatic heterocycles. The molecule has 0 saturated carbocycles. The van der Waals surface area contributed by atoms with E-state index in [9.17, 15) is 0 Å². The molecule has 0 radical (unpaired) electrons. The molecule has 0 unspecified atom stereocenters. The fraction of sp³-hybridized carbons (Fsp3) is 0.200. The van der Waals surface area contributed by atoms with Crippen LogP contribution < -0.4 is 5.73 Å². The average molecular weight is 173 g/mol. The quantitative estimate of drug-likeness (QED) is 0.705. The molecule has 1 aromatic rings. The monoisotopic (exact) mass is 173 g/mol. The van der Waals surface area contributed by atoms with Crippen molar-refractivity contribution in [3.63, 3.8) is 0 Å². The predicted molar refractivity (Wildman–Crippen MR) is 50.7 cm³/mol. The Morgan fingerprint density at radius 1 is 1.69 bits per heavy atom. The zero-order valence-corrected chi connectivity index (χ0v) is 7.27. The van der Waals surface area contributed by atoms with Crippen LogP contribution in [-0.2, 0) is 0 Å². The maximum Gasteiger partial charge on any atom is 0.140 e. The van der Waals surface area contributed by atoms with E-state index in [0.29, 0.717) is 12.1 Å². The average Bonchev–Trinajstić information content (AvgIpc) is 2.18. The molecule has 13 heavy (non-hydrogen) atoms. The van der Waals surface area contributed by atoms with Crippen LogP contribution in [0.5, 0.6) is 0 Å². The Kier molecular flexibility index (Phi) is 3.18. The lowest BCUT2D eigenvalue weighted by Gasteiger charge is -2.07. The van der Waals surface area contributed by atoms with Gasteiger partial charge in [0.05, 0.1) is 0 Å². The SMILES string of the molecule is C=CC[C@H](N)c1ccc(C#N)nc1. The topological polar surface area (TPSA) is 62.7 Å². The summed E-state index contributed by atoms with van der Waals surface area (Å²) in [6, 6.07) is 5.37. The Morgan fingerprint density at radius 3 is 2.92 bits per heavy atom. The third-order valence-electron chi connectivity index (χ3n) is 1.75. The zero-order valence-electron chi connectivity index (χ0n) is 7.27. The van der Waals surface area contributed by atoms with Gasteiger partial charge in [-0.1, -0.05) is 12.1 Å². The Labute approximate surface area is 77.5 Å². The Hall–Kier alpha value is -1.66. The van der Waals surface area contributed by atoms with Crippen molar-refractivity contribution < 1.29 is 0 Å². The molecule has 1 heterocycles. The lowest BCUT2D eigenvalue weighted by Crippen LogP contribution is -2.09. The molecule has 0 fully saturated rings. The van der Waals surface area contributed by atoms with Crippen molar-refractivity contribution in [2.45, 2.75) is 12.5 Å². The number of aromatic nitrogens is 1. The highest BCUT2D eigenvalue weighted by Gasteiger charge is 2.03. The van der Waals surface area contributed by atoms with Crippen molar-refractivity contribution in [2.24, 2.45) is 5.73 Å². The first-order chi connectivity index (χ1) is 6.27. The van der Waals surface area contributed by atoms with Gasteiger partial charge in [-0.3, -0.25) is 0 Å². The molecule has 0 amide bonds. The normalized spacial score (nSPS) is 11.7. The minimum absolute atomic E-state index is 0.0715. The highest BCUT2D eigenvalue weighted by molar-refractivity contribution is 5.24. The summed E-state index contributed by atoms with van der Waals surface area (Å²) >= 11 is 0. The van der Waals surface area contributed by atoms with E-state index >= 15 is 0 Å². The first-order valence-corrected chi connectivity index (χ1v) is 4.00. The summed E-state index contributed by atoms with van der Waals surface area (Å²) < 4.78 is 0. The molecule has 1 atom stereocenters. The second kappa shape index (κ2) is 4.39. The van der Waals surface area contributed by atoms with Crippen molar-refractivity contribution in [3.8, 4) is 6.07 Å². The van der Waals surface area contributed by atoms with Gasteiger partial charge in [0, 0.05) is 12.2 Å². The number of hydrogen-bond acceptors (Lipinski definition) is 3. The molecule has 0 bridgehead atoms. The molecule has 1 aromatic heterocycles. The second-order valence-electron chi connectivity index (χ2n) is 2.72. The highest BCUT2D eigenvalue weighted by atomic mass is 14.7. The second-order valence-corrected chi connectivity index (χ2v) is 2.72. The van der Waals surface area contributed by atoms with Gasteiger partial charge in [-0.05, 0) is 18.1 Å². The lowest BCUT2D eigenvalue weighted by molar-refractivity contribution is 0.737. The van der Waals surface area contributed by atoms with Gasteiger partial charge in [0.15, 0.2) is 0 Å². The number of rotatable bonds is 3. The summed E-state index contributed by atoms with van der Waals surface area (Å²) in [5, 5.41) is 8.51. The lowest BCUT2D eigenvalue weighted by atomic mass is 10.1. The molecule has 3 heteroatoms. The Morgan fingerprint density at radius 2 is 2.46 bits per heavy atom. The molecule has 1 rings (SSSR count). The van der Waals surface area contributed by atoms with Crippen LogP contribution >= 0.6 is 0 Å². The molecule has 3 nitrogen and oxygen atoms in total. The number of nitrogens with zero attached hydrogens (tertiary/aromatic N) is 2. The Bertz CT molecular complexity index is 321. The van der Waals surface area contributed by atoms with Crippen LogP contribution in [-0.4, -0.2) is 4.98 Å². The van der Waals surface area contributed by atoms with Gasteiger partial charge in [-0.15, -0.1) is 6.58 Å². The van der Waals surface area contributed by atoms with Crippen molar-refractivity contribution >= 4 is 0 Å². The number of nitriles is 1. The van der Waals surface area contributed by atoms with E-state index in [2.05, 4.69) is 11.6 Å². The number of pyridine rings is 1. The summed E-state index contributed by atoms with van der Waals surface area (Å²) in [6.45, 7) is 3.61. The van der Waals surface area contributed by atoms with Crippen LogP contribution in [0.15, 0.2) is 31.0 Å². The smallest absolute Gasteiger partial charge is 0.140 e. The number of nitrogens with two attached hydrogens (primary N) is 1. The first-order valence-electron chi connectivity index (χ1n) is 4.00. The van der Waals surface area contributed by atoms with E-state index in [-0.39, 0.29) is 6.04 Å². The molecular formula is C10H11N3. The molecule has 0 aromatic carbocycles. The van der Waals surface area contributed by atoms with Gasteiger partial charge < -0.3 is 5.73 Å². The van der Waals surface area contributed by atoms with Gasteiger partial charge in [0.1, 0.15) is 11.8 Å². The molecule has 0 saturated heterocycles. The van der Waals surface area contributed by atoms with Gasteiger partial charge in [0.25, 0.3) is 0 Å². The summed E-state index contributed by atoms with van der Waals surface area (Å²) in [5.41, 5.74) is 7.14. The van der Waals surface area contributed by atoms with Crippen LogP contribution in [0.1, 0.15) is 23.7 Å². The summed E-state index contributed by atoms with van der Waals surface area (Å²) in [7, 11) is 0. The first kappa shape index (κ1) is 9.43. The van der Waals surface area contributed by atoms with Crippen LogP contribution in [0.4, 0.5) is 0 Å². The van der Waals surface area contributed by atoms with E-state index in [1.165, 1.54) is 0 Å². The molecule has 0 spiro atoms. The van der Waals surface area contributed by atoms with Gasteiger partial charge in [-0.25, -0.2) is 4.98 Å². The van der Waals surface area contributed by atoms with Gasteiger partial charge in [0.2, 0.25) is 0 Å². The van der Waals surface area contributed by atoms with Crippen molar-refractivity contribution in [1.29, 1.82) is 5.26 Å². The predicted octanol–water partition coefficient (Wildman–Crippen LogP) is 1.53. The minimum Gasteiger partial charge on any atom is -0.324 e. The maximum absolute atomic E-state index is 8.51. The molecule has 0 aliphatic rings. The van der Waals surface area contributed by atoms with E-state index in [4.69, 9.17) is 11.0 Å². The third-order valence-corrected chi connectivity index (χ3v) is 1.75. The fourth-order valence-electron chi connectivity index (χ4n) is 1.01. The maximum atomic E-state index is 8.51. The highest BCUT2D eigenvalue weighted by Crippen LogP contribution is 2.12. The summed E-state index contributed by atoms with van der Waals surface area (Å²) in [6.07, 6.45) is 4.11. The van der Waals surface area contributed by atoms with Crippen molar-refractivity contribution in [3.05, 3.63) is 42.2 Å². The Balaban J connectivity index is 2.80.